The molecule has 0 radical (unpaired) electrons. The van der Waals surface area contributed by atoms with Gasteiger partial charge < -0.3 is 36.4 Å². The van der Waals surface area contributed by atoms with Crippen molar-refractivity contribution in [1.29, 1.82) is 0 Å². The summed E-state index contributed by atoms with van der Waals surface area (Å²) in [6.45, 7) is 11.4. The van der Waals surface area contributed by atoms with Crippen LogP contribution in [0.2, 0.25) is 0 Å². The number of carbonyl (C=O) groups is 1. The van der Waals surface area contributed by atoms with Gasteiger partial charge in [-0.3, -0.25) is 4.79 Å². The van der Waals surface area contributed by atoms with Crippen molar-refractivity contribution >= 4 is 6.29 Å². The molecule has 0 aliphatic heterocycles. The third kappa shape index (κ3) is 8.64. The van der Waals surface area contributed by atoms with E-state index in [-0.39, 0.29) is 36.9 Å². The molecule has 7 atom stereocenters. The van der Waals surface area contributed by atoms with E-state index in [1.807, 2.05) is 39.2 Å². The minimum absolute atomic E-state index is 0.0200. The summed E-state index contributed by atoms with van der Waals surface area (Å²) in [4.78, 5) is 12.2. The zero-order chi connectivity index (χ0) is 33.7. The Morgan fingerprint density at radius 3 is 2.57 bits per heavy atom. The van der Waals surface area contributed by atoms with Gasteiger partial charge in [-0.05, 0) is 122 Å². The van der Waals surface area contributed by atoms with Crippen LogP contribution in [0.25, 0.3) is 0 Å². The molecular formula is C38H61N3O5. The van der Waals surface area contributed by atoms with Crippen molar-refractivity contribution in [2.24, 2.45) is 29.1 Å². The maximum absolute atomic E-state index is 12.6. The predicted octanol–water partition coefficient (Wildman–Crippen LogP) is 3.76. The van der Waals surface area contributed by atoms with Crippen LogP contribution in [0.1, 0.15) is 65.2 Å². The first-order valence-electron chi connectivity index (χ1n) is 17.3. The number of fused-ring (bicyclic) bond motifs is 3. The monoisotopic (exact) mass is 639 g/mol. The third-order valence-electron chi connectivity index (χ3n) is 10.8. The van der Waals surface area contributed by atoms with Gasteiger partial charge in [-0.1, -0.05) is 59.8 Å². The number of carbonyl (C=O) groups excluding carboxylic acids is 1. The van der Waals surface area contributed by atoms with Crippen LogP contribution in [-0.4, -0.2) is 91.9 Å². The molecule has 3 aliphatic carbocycles. The van der Waals surface area contributed by atoms with Crippen LogP contribution >= 0.6 is 0 Å². The van der Waals surface area contributed by atoms with E-state index in [1.165, 1.54) is 5.57 Å². The summed E-state index contributed by atoms with van der Waals surface area (Å²) in [5, 5.41) is 55.3. The summed E-state index contributed by atoms with van der Waals surface area (Å²) in [5.41, 5.74) is 2.55. The van der Waals surface area contributed by atoms with Gasteiger partial charge in [0.25, 0.3) is 0 Å². The zero-order valence-corrected chi connectivity index (χ0v) is 28.7. The number of rotatable bonds is 19. The summed E-state index contributed by atoms with van der Waals surface area (Å²) in [6, 6.07) is 0. The van der Waals surface area contributed by atoms with E-state index >= 15 is 0 Å². The van der Waals surface area contributed by atoms with Gasteiger partial charge in [0.05, 0.1) is 18.3 Å². The molecule has 2 fully saturated rings. The van der Waals surface area contributed by atoms with E-state index in [0.29, 0.717) is 44.2 Å². The lowest BCUT2D eigenvalue weighted by Crippen LogP contribution is -2.65. The molecule has 0 amide bonds. The van der Waals surface area contributed by atoms with E-state index in [0.717, 1.165) is 61.9 Å². The van der Waals surface area contributed by atoms with Crippen LogP contribution in [0.15, 0.2) is 70.9 Å². The fourth-order valence-electron chi connectivity index (χ4n) is 8.55. The van der Waals surface area contributed by atoms with Crippen molar-refractivity contribution in [1.82, 2.24) is 16.0 Å². The predicted molar refractivity (Wildman–Crippen MR) is 187 cm³/mol. The second-order valence-electron chi connectivity index (χ2n) is 13.8. The Balaban J connectivity index is 1.82. The molecule has 0 saturated heterocycles. The molecular weight excluding hydrogens is 578 g/mol. The Morgan fingerprint density at radius 2 is 1.89 bits per heavy atom. The van der Waals surface area contributed by atoms with Gasteiger partial charge >= 0.3 is 0 Å². The SMILES string of the molecule is C=C(/C=C/C=C(/CO)[C@@H]1CC[C@]2([C@@H]1O)[C@@H]1C(=C(C)C=O)[C@@H](C=C[C@H]1CCO)C[C@]2(O)CCNC)CC/C=C(\C)CNCCCNC. The summed E-state index contributed by atoms with van der Waals surface area (Å²) in [5.74, 6) is -0.836. The molecule has 46 heavy (non-hydrogen) atoms. The summed E-state index contributed by atoms with van der Waals surface area (Å²) < 4.78 is 0. The van der Waals surface area contributed by atoms with E-state index in [2.05, 4.69) is 47.7 Å². The Kier molecular flexibility index (Phi) is 15.3. The summed E-state index contributed by atoms with van der Waals surface area (Å²) in [6.07, 6.45) is 17.6. The van der Waals surface area contributed by atoms with E-state index in [4.69, 9.17) is 0 Å². The number of aliphatic hydroxyl groups excluding tert-OH is 3. The highest BCUT2D eigenvalue weighted by Gasteiger charge is 2.68. The second-order valence-corrected chi connectivity index (χ2v) is 13.8. The van der Waals surface area contributed by atoms with Gasteiger partial charge in [-0.25, -0.2) is 0 Å². The van der Waals surface area contributed by atoms with Gasteiger partial charge in [0.2, 0.25) is 0 Å². The standard InChI is InChI=1S/C38H61N3O5/c1-27(9-6-11-28(2)24-41-20-8-19-39-4)10-7-12-32(26-44)33-15-17-38(36(33)45)35-30(16-22-42)13-14-31(34(35)29(3)25-43)23-37(38,46)18-21-40-5/h7,10-14,25,30-31,33,35-36,39-42,44-46H,1,6,8-9,15-24,26H2,2-5H3/b10-7+,28-11+,32-12-,34-29?/t30-,31-,33-,35-,36+,37+,38+/m0/s1. The van der Waals surface area contributed by atoms with Crippen LogP contribution in [-0.2, 0) is 4.79 Å². The Hall–Kier alpha value is -2.17. The topological polar surface area (TPSA) is 134 Å². The van der Waals surface area contributed by atoms with Crippen molar-refractivity contribution in [2.75, 3.05) is 53.5 Å². The second kappa shape index (κ2) is 18.4. The normalized spacial score (nSPS) is 32.5. The van der Waals surface area contributed by atoms with E-state index in [9.17, 15) is 25.2 Å². The molecule has 258 valence electrons. The Morgan fingerprint density at radius 1 is 1.13 bits per heavy atom. The van der Waals surface area contributed by atoms with Crippen molar-refractivity contribution in [3.63, 3.8) is 0 Å². The number of hydrogen-bond donors (Lipinski definition) is 7. The summed E-state index contributed by atoms with van der Waals surface area (Å²) in [7, 11) is 3.83. The molecule has 1 spiro atoms. The third-order valence-corrected chi connectivity index (χ3v) is 10.8. The molecule has 2 bridgehead atoms. The summed E-state index contributed by atoms with van der Waals surface area (Å²) >= 11 is 0. The molecule has 0 aromatic carbocycles. The molecule has 0 unspecified atom stereocenters. The highest BCUT2D eigenvalue weighted by molar-refractivity contribution is 5.74. The fraction of sp³-hybridized carbons (Fsp3) is 0.658. The molecule has 3 aliphatic rings. The van der Waals surface area contributed by atoms with Crippen molar-refractivity contribution in [3.8, 4) is 0 Å². The molecule has 0 heterocycles. The maximum atomic E-state index is 12.6. The van der Waals surface area contributed by atoms with Crippen LogP contribution in [0.5, 0.6) is 0 Å². The quantitative estimate of drug-likeness (QED) is 0.0374. The Bertz CT molecular complexity index is 1170. The van der Waals surface area contributed by atoms with Crippen LogP contribution < -0.4 is 16.0 Å². The van der Waals surface area contributed by atoms with Gasteiger partial charge in [0, 0.05) is 30.4 Å². The van der Waals surface area contributed by atoms with Gasteiger partial charge in [-0.15, -0.1) is 0 Å². The first-order chi connectivity index (χ1) is 22.1. The Labute approximate surface area is 277 Å². The lowest BCUT2D eigenvalue weighted by atomic mass is 9.45. The number of allylic oxidation sites excluding steroid dienone is 9. The lowest BCUT2D eigenvalue weighted by Gasteiger charge is -2.61. The highest BCUT2D eigenvalue weighted by atomic mass is 16.3. The largest absolute Gasteiger partial charge is 0.396 e. The van der Waals surface area contributed by atoms with Gasteiger partial charge in [-0.2, -0.15) is 0 Å². The smallest absolute Gasteiger partial charge is 0.145 e. The number of hydrogen-bond acceptors (Lipinski definition) is 8. The molecule has 3 rings (SSSR count). The fourth-order valence-corrected chi connectivity index (χ4v) is 8.55. The van der Waals surface area contributed by atoms with Crippen LogP contribution in [0.4, 0.5) is 0 Å². The van der Waals surface area contributed by atoms with Crippen molar-refractivity contribution in [3.05, 3.63) is 70.9 Å². The minimum atomic E-state index is -1.19. The lowest BCUT2D eigenvalue weighted by molar-refractivity contribution is -0.194. The highest BCUT2D eigenvalue weighted by Crippen LogP contribution is 2.67. The number of aldehydes is 1. The van der Waals surface area contributed by atoms with E-state index < -0.39 is 17.1 Å². The molecule has 7 N–H and O–H groups in total. The van der Waals surface area contributed by atoms with Crippen molar-refractivity contribution in [2.45, 2.75) is 76.9 Å². The first-order valence-corrected chi connectivity index (χ1v) is 17.3. The zero-order valence-electron chi connectivity index (χ0n) is 28.7. The number of aliphatic hydroxyl groups is 4. The average molecular weight is 640 g/mol. The molecule has 0 aromatic rings. The minimum Gasteiger partial charge on any atom is -0.396 e. The van der Waals surface area contributed by atoms with Crippen LogP contribution in [0.3, 0.4) is 0 Å². The molecule has 2 saturated carbocycles. The van der Waals surface area contributed by atoms with Crippen molar-refractivity contribution < 1.29 is 25.2 Å². The maximum Gasteiger partial charge on any atom is 0.145 e. The average Bonchev–Trinajstić information content (AvgIpc) is 3.39. The number of nitrogens with one attached hydrogen (secondary N) is 3. The first kappa shape index (κ1) is 38.3. The van der Waals surface area contributed by atoms with Gasteiger partial charge in [0.1, 0.15) is 6.29 Å². The molecule has 8 heteroatoms. The van der Waals surface area contributed by atoms with Crippen LogP contribution in [0, 0.1) is 29.1 Å². The molecule has 8 nitrogen and oxygen atoms in total. The van der Waals surface area contributed by atoms with Gasteiger partial charge in [0.15, 0.2) is 0 Å². The molecule has 0 aromatic heterocycles. The van der Waals surface area contributed by atoms with E-state index in [1.54, 1.807) is 0 Å².